The van der Waals surface area contributed by atoms with Crippen LogP contribution in [-0.4, -0.2) is 7.11 Å². The lowest BCUT2D eigenvalue weighted by Gasteiger charge is -2.07. The highest BCUT2D eigenvalue weighted by Crippen LogP contribution is 2.36. The Morgan fingerprint density at radius 2 is 1.60 bits per heavy atom. The standard InChI is InChI=1S/C22H18O2S/c1-23-18-9-7-17(8-10-18)21-15-25-22-13-19(11-12-20(21)22)24-14-16-5-3-2-4-6-16/h2-13,15H,14H2,1H3. The normalized spacial score (nSPS) is 10.8. The number of methoxy groups -OCH3 is 1. The molecule has 1 heterocycles. The number of fused-ring (bicyclic) bond motifs is 1. The van der Waals surface area contributed by atoms with Gasteiger partial charge in [0.2, 0.25) is 0 Å². The molecule has 0 spiro atoms. The Morgan fingerprint density at radius 3 is 2.36 bits per heavy atom. The lowest BCUT2D eigenvalue weighted by atomic mass is 10.0. The molecule has 0 bridgehead atoms. The van der Waals surface area contributed by atoms with Crippen molar-refractivity contribution >= 4 is 21.4 Å². The fourth-order valence-corrected chi connectivity index (χ4v) is 3.83. The molecule has 4 aromatic rings. The SMILES string of the molecule is COc1ccc(-c2csc3cc(OCc4ccccc4)ccc23)cc1. The average Bonchev–Trinajstić information content (AvgIpc) is 3.10. The molecular weight excluding hydrogens is 328 g/mol. The van der Waals surface area contributed by atoms with Crippen molar-refractivity contribution < 1.29 is 9.47 Å². The third-order valence-electron chi connectivity index (χ3n) is 4.20. The van der Waals surface area contributed by atoms with Crippen molar-refractivity contribution in [1.82, 2.24) is 0 Å². The van der Waals surface area contributed by atoms with E-state index in [0.29, 0.717) is 6.61 Å². The van der Waals surface area contributed by atoms with Crippen LogP contribution < -0.4 is 9.47 Å². The predicted molar refractivity (Wildman–Crippen MR) is 105 cm³/mol. The van der Waals surface area contributed by atoms with E-state index >= 15 is 0 Å². The minimum atomic E-state index is 0.586. The molecule has 2 nitrogen and oxygen atoms in total. The summed E-state index contributed by atoms with van der Waals surface area (Å²) >= 11 is 1.74. The molecule has 0 fully saturated rings. The minimum absolute atomic E-state index is 0.586. The van der Waals surface area contributed by atoms with Gasteiger partial charge in [0.1, 0.15) is 18.1 Å². The second-order valence-electron chi connectivity index (χ2n) is 5.81. The Kier molecular flexibility index (Phi) is 4.40. The van der Waals surface area contributed by atoms with Crippen molar-refractivity contribution in [2.75, 3.05) is 7.11 Å². The fraction of sp³-hybridized carbons (Fsp3) is 0.0909. The van der Waals surface area contributed by atoms with Crippen molar-refractivity contribution in [3.8, 4) is 22.6 Å². The van der Waals surface area contributed by atoms with E-state index < -0.39 is 0 Å². The fourth-order valence-electron chi connectivity index (χ4n) is 2.83. The first-order valence-electron chi connectivity index (χ1n) is 8.16. The van der Waals surface area contributed by atoms with Gasteiger partial charge in [0.15, 0.2) is 0 Å². The third kappa shape index (κ3) is 3.37. The number of rotatable bonds is 5. The third-order valence-corrected chi connectivity index (χ3v) is 5.14. The van der Waals surface area contributed by atoms with Crippen molar-refractivity contribution in [1.29, 1.82) is 0 Å². The van der Waals surface area contributed by atoms with E-state index in [4.69, 9.17) is 9.47 Å². The molecule has 0 N–H and O–H groups in total. The second kappa shape index (κ2) is 6.99. The molecule has 1 aromatic heterocycles. The summed E-state index contributed by atoms with van der Waals surface area (Å²) in [7, 11) is 1.69. The highest BCUT2D eigenvalue weighted by atomic mass is 32.1. The summed E-state index contributed by atoms with van der Waals surface area (Å²) in [4.78, 5) is 0. The second-order valence-corrected chi connectivity index (χ2v) is 6.72. The first-order valence-corrected chi connectivity index (χ1v) is 9.04. The summed E-state index contributed by atoms with van der Waals surface area (Å²) in [6, 6.07) is 24.7. The molecule has 3 heteroatoms. The van der Waals surface area contributed by atoms with Gasteiger partial charge < -0.3 is 9.47 Å². The largest absolute Gasteiger partial charge is 0.497 e. The Balaban J connectivity index is 1.58. The number of thiophene rings is 1. The van der Waals surface area contributed by atoms with Gasteiger partial charge in [-0.3, -0.25) is 0 Å². The predicted octanol–water partition coefficient (Wildman–Crippen LogP) is 6.16. The van der Waals surface area contributed by atoms with Crippen LogP contribution in [0.3, 0.4) is 0 Å². The van der Waals surface area contributed by atoms with Crippen LogP contribution in [0.25, 0.3) is 21.2 Å². The van der Waals surface area contributed by atoms with E-state index in [-0.39, 0.29) is 0 Å². The van der Waals surface area contributed by atoms with Crippen LogP contribution in [0.1, 0.15) is 5.56 Å². The van der Waals surface area contributed by atoms with Crippen LogP contribution in [0.5, 0.6) is 11.5 Å². The highest BCUT2D eigenvalue weighted by molar-refractivity contribution is 7.17. The monoisotopic (exact) mass is 346 g/mol. The summed E-state index contributed by atoms with van der Waals surface area (Å²) in [5, 5.41) is 3.45. The van der Waals surface area contributed by atoms with Crippen molar-refractivity contribution in [3.63, 3.8) is 0 Å². The van der Waals surface area contributed by atoms with Gasteiger partial charge in [-0.1, -0.05) is 42.5 Å². The van der Waals surface area contributed by atoms with Gasteiger partial charge in [-0.15, -0.1) is 11.3 Å². The van der Waals surface area contributed by atoms with Gasteiger partial charge in [-0.25, -0.2) is 0 Å². The Bertz CT molecular complexity index is 972. The summed E-state index contributed by atoms with van der Waals surface area (Å²) in [5.41, 5.74) is 3.62. The molecule has 4 rings (SSSR count). The lowest BCUT2D eigenvalue weighted by molar-refractivity contribution is 0.306. The van der Waals surface area contributed by atoms with Crippen LogP contribution in [0.4, 0.5) is 0 Å². The quantitative estimate of drug-likeness (QED) is 0.431. The minimum Gasteiger partial charge on any atom is -0.497 e. The van der Waals surface area contributed by atoms with Gasteiger partial charge in [-0.05, 0) is 46.8 Å². The molecular formula is C22H18O2S. The van der Waals surface area contributed by atoms with Gasteiger partial charge in [0.25, 0.3) is 0 Å². The zero-order chi connectivity index (χ0) is 17.1. The highest BCUT2D eigenvalue weighted by Gasteiger charge is 2.08. The first kappa shape index (κ1) is 15.7. The van der Waals surface area contributed by atoms with Gasteiger partial charge >= 0.3 is 0 Å². The molecule has 0 aliphatic carbocycles. The van der Waals surface area contributed by atoms with Crippen molar-refractivity contribution in [2.24, 2.45) is 0 Å². The maximum absolute atomic E-state index is 5.94. The van der Waals surface area contributed by atoms with Gasteiger partial charge in [0, 0.05) is 15.6 Å². The molecule has 0 aliphatic rings. The van der Waals surface area contributed by atoms with Crippen LogP contribution in [0.2, 0.25) is 0 Å². The van der Waals surface area contributed by atoms with Crippen LogP contribution in [-0.2, 0) is 6.61 Å². The lowest BCUT2D eigenvalue weighted by Crippen LogP contribution is -1.94. The number of hydrogen-bond donors (Lipinski definition) is 0. The molecule has 0 amide bonds. The molecule has 3 aromatic carbocycles. The molecule has 124 valence electrons. The van der Waals surface area contributed by atoms with E-state index in [9.17, 15) is 0 Å². The molecule has 0 unspecified atom stereocenters. The average molecular weight is 346 g/mol. The maximum atomic E-state index is 5.94. The van der Waals surface area contributed by atoms with E-state index in [1.165, 1.54) is 26.8 Å². The van der Waals surface area contributed by atoms with Crippen LogP contribution >= 0.6 is 11.3 Å². The van der Waals surface area contributed by atoms with E-state index in [1.54, 1.807) is 18.4 Å². The molecule has 0 saturated heterocycles. The van der Waals surface area contributed by atoms with Crippen LogP contribution in [0.15, 0.2) is 78.2 Å². The number of ether oxygens (including phenoxy) is 2. The van der Waals surface area contributed by atoms with Crippen molar-refractivity contribution in [3.05, 3.63) is 83.7 Å². The smallest absolute Gasteiger partial charge is 0.121 e. The van der Waals surface area contributed by atoms with E-state index in [0.717, 1.165) is 11.5 Å². The Morgan fingerprint density at radius 1 is 0.840 bits per heavy atom. The summed E-state index contributed by atoms with van der Waals surface area (Å²) in [5.74, 6) is 1.78. The first-order chi connectivity index (χ1) is 12.3. The zero-order valence-electron chi connectivity index (χ0n) is 13.9. The van der Waals surface area contributed by atoms with Crippen LogP contribution in [0, 0.1) is 0 Å². The molecule has 0 radical (unpaired) electrons. The Labute approximate surface area is 151 Å². The Hall–Kier alpha value is -2.78. The number of hydrogen-bond acceptors (Lipinski definition) is 3. The van der Waals surface area contributed by atoms with Gasteiger partial charge in [0.05, 0.1) is 7.11 Å². The zero-order valence-corrected chi connectivity index (χ0v) is 14.8. The van der Waals surface area contributed by atoms with E-state index in [2.05, 4.69) is 41.8 Å². The molecule has 0 atom stereocenters. The summed E-state index contributed by atoms with van der Waals surface area (Å²) in [6.45, 7) is 0.586. The summed E-state index contributed by atoms with van der Waals surface area (Å²) in [6.07, 6.45) is 0. The molecule has 25 heavy (non-hydrogen) atoms. The van der Waals surface area contributed by atoms with Gasteiger partial charge in [-0.2, -0.15) is 0 Å². The topological polar surface area (TPSA) is 18.5 Å². The maximum Gasteiger partial charge on any atom is 0.121 e. The summed E-state index contributed by atoms with van der Waals surface area (Å²) < 4.78 is 12.4. The van der Waals surface area contributed by atoms with Crippen molar-refractivity contribution in [2.45, 2.75) is 6.61 Å². The molecule has 0 aliphatic heterocycles. The van der Waals surface area contributed by atoms with E-state index in [1.807, 2.05) is 36.4 Å². The molecule has 0 saturated carbocycles. The number of benzene rings is 3.